The molecule has 1 N–H and O–H groups in total. The second kappa shape index (κ2) is 7.77. The van der Waals surface area contributed by atoms with Crippen molar-refractivity contribution in [3.8, 4) is 11.5 Å². The van der Waals surface area contributed by atoms with Gasteiger partial charge in [-0.2, -0.15) is 0 Å². The Kier molecular flexibility index (Phi) is 5.48. The third-order valence-corrected chi connectivity index (χ3v) is 4.64. The van der Waals surface area contributed by atoms with Crippen molar-refractivity contribution in [1.29, 1.82) is 0 Å². The normalized spacial score (nSPS) is 20.2. The minimum Gasteiger partial charge on any atom is -0.486 e. The summed E-state index contributed by atoms with van der Waals surface area (Å²) in [7, 11) is 1.69. The Morgan fingerprint density at radius 1 is 1.33 bits per heavy atom. The van der Waals surface area contributed by atoms with E-state index in [2.05, 4.69) is 5.32 Å². The molecule has 0 bridgehead atoms. The van der Waals surface area contributed by atoms with Crippen LogP contribution in [0.5, 0.6) is 11.5 Å². The third-order valence-electron chi connectivity index (χ3n) is 4.20. The number of hydrogen-bond donors (Lipinski definition) is 1. The summed E-state index contributed by atoms with van der Waals surface area (Å²) >= 11 is 5.40. The SMILES string of the molecule is COCCCC1CC(c2cccc3c2OCCO3)=CC(=O)NC1=S. The topological polar surface area (TPSA) is 56.8 Å². The molecule has 1 aromatic rings. The lowest BCUT2D eigenvalue weighted by molar-refractivity contribution is -0.115. The van der Waals surface area contributed by atoms with Crippen LogP contribution in [0.15, 0.2) is 24.3 Å². The quantitative estimate of drug-likeness (QED) is 0.656. The second-order valence-electron chi connectivity index (χ2n) is 5.89. The van der Waals surface area contributed by atoms with Crippen LogP contribution in [0.4, 0.5) is 0 Å². The van der Waals surface area contributed by atoms with E-state index in [-0.39, 0.29) is 11.8 Å². The van der Waals surface area contributed by atoms with E-state index in [1.807, 2.05) is 18.2 Å². The molecule has 5 nitrogen and oxygen atoms in total. The van der Waals surface area contributed by atoms with E-state index in [4.69, 9.17) is 26.4 Å². The van der Waals surface area contributed by atoms with Crippen LogP contribution in [0, 0.1) is 5.92 Å². The predicted octanol–water partition coefficient (Wildman–Crippen LogP) is 2.73. The van der Waals surface area contributed by atoms with Crippen LogP contribution in [-0.2, 0) is 9.53 Å². The van der Waals surface area contributed by atoms with Gasteiger partial charge >= 0.3 is 0 Å². The molecule has 1 atom stereocenters. The van der Waals surface area contributed by atoms with Crippen molar-refractivity contribution in [2.45, 2.75) is 19.3 Å². The molecule has 0 saturated carbocycles. The molecule has 0 spiro atoms. The van der Waals surface area contributed by atoms with E-state index < -0.39 is 0 Å². The zero-order valence-electron chi connectivity index (χ0n) is 13.7. The van der Waals surface area contributed by atoms with Gasteiger partial charge in [-0.1, -0.05) is 24.4 Å². The second-order valence-corrected chi connectivity index (χ2v) is 6.33. The van der Waals surface area contributed by atoms with E-state index in [0.29, 0.717) is 37.0 Å². The highest BCUT2D eigenvalue weighted by molar-refractivity contribution is 7.80. The Morgan fingerprint density at radius 3 is 3.00 bits per heavy atom. The Labute approximate surface area is 147 Å². The molecule has 0 radical (unpaired) electrons. The maximum atomic E-state index is 12.1. The maximum absolute atomic E-state index is 12.1. The zero-order valence-corrected chi connectivity index (χ0v) is 14.5. The minimum absolute atomic E-state index is 0.105. The van der Waals surface area contributed by atoms with E-state index in [1.54, 1.807) is 13.2 Å². The number of ether oxygens (including phenoxy) is 3. The average molecular weight is 347 g/mol. The molecule has 0 fully saturated rings. The molecule has 128 valence electrons. The van der Waals surface area contributed by atoms with Gasteiger partial charge in [0.25, 0.3) is 0 Å². The summed E-state index contributed by atoms with van der Waals surface area (Å²) in [6, 6.07) is 5.77. The monoisotopic (exact) mass is 347 g/mol. The molecular formula is C18H21NO4S. The maximum Gasteiger partial charge on any atom is 0.249 e. The number of benzene rings is 1. The van der Waals surface area contributed by atoms with E-state index in [0.717, 1.165) is 29.7 Å². The highest BCUT2D eigenvalue weighted by Gasteiger charge is 2.26. The first-order valence-electron chi connectivity index (χ1n) is 8.12. The molecule has 2 heterocycles. The van der Waals surface area contributed by atoms with Crippen molar-refractivity contribution < 1.29 is 19.0 Å². The van der Waals surface area contributed by atoms with Crippen LogP contribution in [0.25, 0.3) is 5.57 Å². The summed E-state index contributed by atoms with van der Waals surface area (Å²) in [6.07, 6.45) is 4.09. The average Bonchev–Trinajstić information content (AvgIpc) is 2.73. The summed E-state index contributed by atoms with van der Waals surface area (Å²) in [6.45, 7) is 1.74. The molecule has 1 amide bonds. The standard InChI is InChI=1S/C18H21NO4S/c1-21-7-3-4-12-10-13(11-16(20)19-18(12)24)14-5-2-6-15-17(14)23-9-8-22-15/h2,5-6,11-12H,3-4,7-10H2,1H3,(H,19,20,24). The molecule has 0 saturated heterocycles. The van der Waals surface area contributed by atoms with Crippen LogP contribution in [0.3, 0.4) is 0 Å². The molecule has 2 aliphatic rings. The Morgan fingerprint density at radius 2 is 2.17 bits per heavy atom. The molecule has 1 unspecified atom stereocenters. The van der Waals surface area contributed by atoms with Crippen molar-refractivity contribution >= 4 is 28.7 Å². The van der Waals surface area contributed by atoms with Gasteiger partial charge in [0, 0.05) is 31.3 Å². The molecule has 0 aliphatic carbocycles. The fraction of sp³-hybridized carbons (Fsp3) is 0.444. The van der Waals surface area contributed by atoms with Gasteiger partial charge in [0.1, 0.15) is 13.2 Å². The molecule has 2 aliphatic heterocycles. The highest BCUT2D eigenvalue weighted by Crippen LogP contribution is 2.40. The Bertz CT molecular complexity index is 671. The molecule has 0 aromatic heterocycles. The summed E-state index contributed by atoms with van der Waals surface area (Å²) < 4.78 is 16.6. The number of thiocarbonyl (C=S) groups is 1. The zero-order chi connectivity index (χ0) is 16.9. The molecule has 24 heavy (non-hydrogen) atoms. The molecule has 6 heteroatoms. The summed E-state index contributed by atoms with van der Waals surface area (Å²) in [5, 5.41) is 2.80. The van der Waals surface area contributed by atoms with Crippen molar-refractivity contribution in [3.63, 3.8) is 0 Å². The number of carbonyl (C=O) groups is 1. The number of hydrogen-bond acceptors (Lipinski definition) is 5. The minimum atomic E-state index is -0.182. The number of methoxy groups -OCH3 is 1. The highest BCUT2D eigenvalue weighted by atomic mass is 32.1. The van der Waals surface area contributed by atoms with Crippen LogP contribution < -0.4 is 14.8 Å². The lowest BCUT2D eigenvalue weighted by Crippen LogP contribution is -2.31. The van der Waals surface area contributed by atoms with Gasteiger partial charge in [-0.15, -0.1) is 0 Å². The van der Waals surface area contributed by atoms with Crippen molar-refractivity contribution in [3.05, 3.63) is 29.8 Å². The first-order chi connectivity index (χ1) is 11.7. The van der Waals surface area contributed by atoms with Gasteiger partial charge < -0.3 is 19.5 Å². The molecule has 3 rings (SSSR count). The van der Waals surface area contributed by atoms with E-state index >= 15 is 0 Å². The molecule has 1 aromatic carbocycles. The fourth-order valence-corrected chi connectivity index (χ4v) is 3.36. The molecular weight excluding hydrogens is 326 g/mol. The first-order valence-corrected chi connectivity index (χ1v) is 8.53. The number of allylic oxidation sites excluding steroid dienone is 1. The lowest BCUT2D eigenvalue weighted by Gasteiger charge is -2.23. The van der Waals surface area contributed by atoms with Crippen LogP contribution in [-0.4, -0.2) is 37.8 Å². The van der Waals surface area contributed by atoms with Crippen LogP contribution in [0.1, 0.15) is 24.8 Å². The van der Waals surface area contributed by atoms with Gasteiger partial charge in [0.2, 0.25) is 5.91 Å². The number of rotatable bonds is 5. The Balaban J connectivity index is 1.88. The van der Waals surface area contributed by atoms with Gasteiger partial charge in [0.05, 0.1) is 4.99 Å². The number of fused-ring (bicyclic) bond motifs is 1. The number of para-hydroxylation sites is 1. The number of amides is 1. The third kappa shape index (κ3) is 3.76. The Hall–Kier alpha value is -1.92. The van der Waals surface area contributed by atoms with Crippen molar-refractivity contribution in [2.75, 3.05) is 26.9 Å². The van der Waals surface area contributed by atoms with Crippen molar-refractivity contribution in [1.82, 2.24) is 5.32 Å². The van der Waals surface area contributed by atoms with Gasteiger partial charge in [-0.3, -0.25) is 4.79 Å². The predicted molar refractivity (Wildman–Crippen MR) is 95.4 cm³/mol. The smallest absolute Gasteiger partial charge is 0.249 e. The van der Waals surface area contributed by atoms with Gasteiger partial charge in [-0.25, -0.2) is 0 Å². The number of carbonyl (C=O) groups excluding carboxylic acids is 1. The fourth-order valence-electron chi connectivity index (χ4n) is 3.06. The van der Waals surface area contributed by atoms with Crippen LogP contribution >= 0.6 is 12.2 Å². The summed E-state index contributed by atoms with van der Waals surface area (Å²) in [4.78, 5) is 12.8. The van der Waals surface area contributed by atoms with Crippen molar-refractivity contribution in [2.24, 2.45) is 5.92 Å². The van der Waals surface area contributed by atoms with E-state index in [1.165, 1.54) is 0 Å². The van der Waals surface area contributed by atoms with E-state index in [9.17, 15) is 4.79 Å². The van der Waals surface area contributed by atoms with Gasteiger partial charge in [0.15, 0.2) is 11.5 Å². The lowest BCUT2D eigenvalue weighted by atomic mass is 9.91. The largest absolute Gasteiger partial charge is 0.486 e. The first kappa shape index (κ1) is 16.9. The summed E-state index contributed by atoms with van der Waals surface area (Å²) in [5.74, 6) is 1.36. The van der Waals surface area contributed by atoms with Gasteiger partial charge in [-0.05, 0) is 30.9 Å². The summed E-state index contributed by atoms with van der Waals surface area (Å²) in [5.41, 5.74) is 1.83. The van der Waals surface area contributed by atoms with Crippen LogP contribution in [0.2, 0.25) is 0 Å². The number of nitrogens with one attached hydrogen (secondary N) is 1.